The Bertz CT molecular complexity index is 722. The second-order valence-corrected chi connectivity index (χ2v) is 6.29. The van der Waals surface area contributed by atoms with Crippen LogP contribution in [0.15, 0.2) is 40.9 Å². The third-order valence-corrected chi connectivity index (χ3v) is 4.34. The van der Waals surface area contributed by atoms with Crippen molar-refractivity contribution in [3.63, 3.8) is 0 Å². The predicted molar refractivity (Wildman–Crippen MR) is 88.3 cm³/mol. The maximum Gasteiger partial charge on any atom is 0.231 e. The van der Waals surface area contributed by atoms with Gasteiger partial charge in [0.15, 0.2) is 23.0 Å². The average Bonchev–Trinajstić information content (AvgIpc) is 3.04. The summed E-state index contributed by atoms with van der Waals surface area (Å²) in [5.41, 5.74) is 1.12. The topological polar surface area (TPSA) is 49.0 Å². The molecule has 2 aromatic carbocycles. The zero-order valence-electron chi connectivity index (χ0n) is 12.4. The monoisotopic (exact) mass is 377 g/mol. The molecular formula is C17H16BrNO4. The molecule has 0 aliphatic carbocycles. The smallest absolute Gasteiger partial charge is 0.231 e. The second kappa shape index (κ2) is 6.29. The van der Waals surface area contributed by atoms with Gasteiger partial charge >= 0.3 is 0 Å². The van der Waals surface area contributed by atoms with Crippen LogP contribution < -0.4 is 24.3 Å². The van der Waals surface area contributed by atoms with Crippen LogP contribution in [0, 0.1) is 0 Å². The van der Waals surface area contributed by atoms with E-state index < -0.39 is 0 Å². The van der Waals surface area contributed by atoms with Crippen LogP contribution in [0.1, 0.15) is 5.56 Å². The van der Waals surface area contributed by atoms with E-state index >= 15 is 0 Å². The Hall–Kier alpha value is -1.92. The van der Waals surface area contributed by atoms with E-state index in [1.807, 2.05) is 36.4 Å². The fraction of sp³-hybridized carbons (Fsp3) is 0.294. The summed E-state index contributed by atoms with van der Waals surface area (Å²) >= 11 is 3.51. The van der Waals surface area contributed by atoms with Crippen LogP contribution in [0.2, 0.25) is 0 Å². The summed E-state index contributed by atoms with van der Waals surface area (Å²) in [6, 6.07) is 11.8. The summed E-state index contributed by atoms with van der Waals surface area (Å²) in [4.78, 5) is 0. The number of para-hydroxylation sites is 2. The summed E-state index contributed by atoms with van der Waals surface area (Å²) in [5.74, 6) is 3.16. The van der Waals surface area contributed by atoms with Crippen LogP contribution >= 0.6 is 15.9 Å². The normalized spacial score (nSPS) is 18.0. The van der Waals surface area contributed by atoms with E-state index in [-0.39, 0.29) is 12.9 Å². The van der Waals surface area contributed by atoms with Gasteiger partial charge in [0.05, 0.1) is 4.47 Å². The van der Waals surface area contributed by atoms with Gasteiger partial charge in [-0.1, -0.05) is 12.1 Å². The van der Waals surface area contributed by atoms with Gasteiger partial charge in [0.1, 0.15) is 12.7 Å². The standard InChI is InChI=1S/C17H16BrNO4/c18-13-5-11(6-16-17(13)22-10-21-16)7-19-8-12-9-20-14-3-1-2-4-15(14)23-12/h1-6,12,19H,7-10H2/t12-/m1/s1. The lowest BCUT2D eigenvalue weighted by Gasteiger charge is -2.26. The fourth-order valence-corrected chi connectivity index (χ4v) is 3.27. The van der Waals surface area contributed by atoms with Gasteiger partial charge in [-0.25, -0.2) is 0 Å². The first kappa shape index (κ1) is 14.7. The number of ether oxygens (including phenoxy) is 4. The van der Waals surface area contributed by atoms with Crippen molar-refractivity contribution in [1.29, 1.82) is 0 Å². The molecule has 0 unspecified atom stereocenters. The molecule has 1 N–H and O–H groups in total. The predicted octanol–water partition coefficient (Wildman–Crippen LogP) is 3.11. The lowest BCUT2D eigenvalue weighted by molar-refractivity contribution is 0.0902. The third kappa shape index (κ3) is 3.09. The molecule has 2 aliphatic heterocycles. The van der Waals surface area contributed by atoms with Crippen LogP contribution in [-0.4, -0.2) is 26.0 Å². The van der Waals surface area contributed by atoms with E-state index in [4.69, 9.17) is 18.9 Å². The van der Waals surface area contributed by atoms with E-state index in [2.05, 4.69) is 21.2 Å². The minimum absolute atomic E-state index is 0.00218. The highest BCUT2D eigenvalue weighted by atomic mass is 79.9. The Morgan fingerprint density at radius 3 is 2.83 bits per heavy atom. The minimum atomic E-state index is 0.00218. The Balaban J connectivity index is 1.34. The molecule has 0 fully saturated rings. The van der Waals surface area contributed by atoms with Gasteiger partial charge in [0.25, 0.3) is 0 Å². The molecule has 1 atom stereocenters. The lowest BCUT2D eigenvalue weighted by Crippen LogP contribution is -2.38. The summed E-state index contributed by atoms with van der Waals surface area (Å²) in [7, 11) is 0. The molecule has 0 radical (unpaired) electrons. The van der Waals surface area contributed by atoms with E-state index in [0.717, 1.165) is 39.6 Å². The van der Waals surface area contributed by atoms with E-state index in [1.165, 1.54) is 0 Å². The van der Waals surface area contributed by atoms with Crippen molar-refractivity contribution in [1.82, 2.24) is 5.32 Å². The molecule has 6 heteroatoms. The Kier molecular flexibility index (Phi) is 4.01. The summed E-state index contributed by atoms with van der Waals surface area (Å²) in [6.07, 6.45) is 0.00218. The molecule has 4 rings (SSSR count). The van der Waals surface area contributed by atoms with Crippen LogP contribution in [0.4, 0.5) is 0 Å². The Labute approximate surface area is 142 Å². The number of fused-ring (bicyclic) bond motifs is 2. The molecule has 0 spiro atoms. The van der Waals surface area contributed by atoms with E-state index in [0.29, 0.717) is 13.2 Å². The molecule has 5 nitrogen and oxygen atoms in total. The largest absolute Gasteiger partial charge is 0.486 e. The van der Waals surface area contributed by atoms with Crippen LogP contribution in [0.5, 0.6) is 23.0 Å². The van der Waals surface area contributed by atoms with Crippen LogP contribution in [-0.2, 0) is 6.54 Å². The SMILES string of the molecule is Brc1cc(CNC[C@@H]2COc3ccccc3O2)cc2c1OCO2. The molecule has 2 aromatic rings. The van der Waals surface area contributed by atoms with Gasteiger partial charge in [-0.2, -0.15) is 0 Å². The van der Waals surface area contributed by atoms with Crippen molar-refractivity contribution in [2.45, 2.75) is 12.6 Å². The average molecular weight is 378 g/mol. The lowest BCUT2D eigenvalue weighted by atomic mass is 10.2. The third-order valence-electron chi connectivity index (χ3n) is 3.76. The van der Waals surface area contributed by atoms with Gasteiger partial charge in [0.2, 0.25) is 6.79 Å². The number of halogens is 1. The molecule has 0 bridgehead atoms. The quantitative estimate of drug-likeness (QED) is 0.886. The first-order chi connectivity index (χ1) is 11.3. The highest BCUT2D eigenvalue weighted by molar-refractivity contribution is 9.10. The van der Waals surface area contributed by atoms with Crippen molar-refractivity contribution in [2.24, 2.45) is 0 Å². The second-order valence-electron chi connectivity index (χ2n) is 5.44. The molecule has 120 valence electrons. The Morgan fingerprint density at radius 2 is 1.91 bits per heavy atom. The van der Waals surface area contributed by atoms with Crippen molar-refractivity contribution in [3.8, 4) is 23.0 Å². The molecule has 0 amide bonds. The molecule has 2 aliphatic rings. The van der Waals surface area contributed by atoms with E-state index in [9.17, 15) is 0 Å². The van der Waals surface area contributed by atoms with Crippen molar-refractivity contribution in [3.05, 3.63) is 46.4 Å². The maximum absolute atomic E-state index is 5.93. The van der Waals surface area contributed by atoms with Crippen molar-refractivity contribution >= 4 is 15.9 Å². The summed E-state index contributed by atoms with van der Waals surface area (Å²) < 4.78 is 23.4. The fourth-order valence-electron chi connectivity index (χ4n) is 2.66. The Morgan fingerprint density at radius 1 is 1.04 bits per heavy atom. The zero-order chi connectivity index (χ0) is 15.6. The molecular weight excluding hydrogens is 362 g/mol. The van der Waals surface area contributed by atoms with Crippen molar-refractivity contribution < 1.29 is 18.9 Å². The number of nitrogens with one attached hydrogen (secondary N) is 1. The van der Waals surface area contributed by atoms with Crippen molar-refractivity contribution in [2.75, 3.05) is 19.9 Å². The van der Waals surface area contributed by atoms with Gasteiger partial charge in [0, 0.05) is 13.1 Å². The highest BCUT2D eigenvalue weighted by Crippen LogP contribution is 2.40. The number of rotatable bonds is 4. The first-order valence-corrected chi connectivity index (χ1v) is 8.26. The molecule has 0 aromatic heterocycles. The van der Waals surface area contributed by atoms with Gasteiger partial charge in [-0.05, 0) is 45.8 Å². The molecule has 2 heterocycles. The number of benzene rings is 2. The van der Waals surface area contributed by atoms with Gasteiger partial charge in [-0.15, -0.1) is 0 Å². The van der Waals surface area contributed by atoms with Crippen LogP contribution in [0.3, 0.4) is 0 Å². The van der Waals surface area contributed by atoms with Gasteiger partial charge in [-0.3, -0.25) is 0 Å². The number of hydrogen-bond acceptors (Lipinski definition) is 5. The summed E-state index contributed by atoms with van der Waals surface area (Å²) in [5, 5.41) is 3.40. The summed E-state index contributed by atoms with van der Waals surface area (Å²) in [6.45, 7) is 2.25. The highest BCUT2D eigenvalue weighted by Gasteiger charge is 2.21. The zero-order valence-corrected chi connectivity index (χ0v) is 14.0. The molecule has 23 heavy (non-hydrogen) atoms. The maximum atomic E-state index is 5.93. The molecule has 0 saturated heterocycles. The first-order valence-electron chi connectivity index (χ1n) is 7.47. The molecule has 0 saturated carbocycles. The number of hydrogen-bond donors (Lipinski definition) is 1. The van der Waals surface area contributed by atoms with E-state index in [1.54, 1.807) is 0 Å². The van der Waals surface area contributed by atoms with Gasteiger partial charge < -0.3 is 24.3 Å². The van der Waals surface area contributed by atoms with Crippen LogP contribution in [0.25, 0.3) is 0 Å². The minimum Gasteiger partial charge on any atom is -0.486 e.